The molecule has 2 heterocycles. The zero-order valence-corrected chi connectivity index (χ0v) is 13.7. The van der Waals surface area contributed by atoms with E-state index in [0.29, 0.717) is 22.5 Å². The summed E-state index contributed by atoms with van der Waals surface area (Å²) in [5, 5.41) is 8.92. The van der Waals surface area contributed by atoms with Crippen LogP contribution in [0, 0.1) is 0 Å². The Kier molecular flexibility index (Phi) is 4.29. The van der Waals surface area contributed by atoms with Gasteiger partial charge in [-0.1, -0.05) is 36.0 Å². The molecule has 0 N–H and O–H groups in total. The number of fused-ring (bicyclic) bond motifs is 3. The Morgan fingerprint density at radius 1 is 1.43 bits per heavy atom. The molecule has 0 aliphatic carbocycles. The zero-order valence-electron chi connectivity index (χ0n) is 12.9. The van der Waals surface area contributed by atoms with E-state index in [2.05, 4.69) is 21.8 Å². The van der Waals surface area contributed by atoms with E-state index >= 15 is 0 Å². The summed E-state index contributed by atoms with van der Waals surface area (Å²) >= 11 is 1.43. The van der Waals surface area contributed by atoms with Gasteiger partial charge in [-0.2, -0.15) is 4.98 Å². The van der Waals surface area contributed by atoms with Crippen LogP contribution >= 0.6 is 11.8 Å². The van der Waals surface area contributed by atoms with E-state index in [1.54, 1.807) is 11.0 Å². The van der Waals surface area contributed by atoms with Gasteiger partial charge in [0.05, 0.1) is 5.69 Å². The SMILES string of the molecule is C=CCSc1nnc2c(n1)O[C@@H](C)N(C(C)=O)c1ccccc1-2. The van der Waals surface area contributed by atoms with Gasteiger partial charge in [-0.25, -0.2) is 0 Å². The summed E-state index contributed by atoms with van der Waals surface area (Å²) in [5.74, 6) is 0.967. The highest BCUT2D eigenvalue weighted by atomic mass is 32.2. The summed E-state index contributed by atoms with van der Waals surface area (Å²) in [6, 6.07) is 7.52. The van der Waals surface area contributed by atoms with Gasteiger partial charge in [0.1, 0.15) is 0 Å². The second kappa shape index (κ2) is 6.37. The van der Waals surface area contributed by atoms with E-state index in [4.69, 9.17) is 4.74 Å². The first-order valence-electron chi connectivity index (χ1n) is 7.16. The number of carbonyl (C=O) groups excluding carboxylic acids is 1. The highest BCUT2D eigenvalue weighted by Gasteiger charge is 2.30. The van der Waals surface area contributed by atoms with Gasteiger partial charge in [0.25, 0.3) is 0 Å². The van der Waals surface area contributed by atoms with Crippen molar-refractivity contribution in [2.24, 2.45) is 0 Å². The van der Waals surface area contributed by atoms with Crippen molar-refractivity contribution in [3.8, 4) is 17.1 Å². The number of para-hydroxylation sites is 1. The lowest BCUT2D eigenvalue weighted by atomic mass is 10.1. The van der Waals surface area contributed by atoms with Gasteiger partial charge >= 0.3 is 0 Å². The van der Waals surface area contributed by atoms with Gasteiger partial charge in [0, 0.05) is 18.2 Å². The molecule has 1 aromatic heterocycles. The van der Waals surface area contributed by atoms with E-state index in [9.17, 15) is 4.79 Å². The Morgan fingerprint density at radius 2 is 2.22 bits per heavy atom. The lowest BCUT2D eigenvalue weighted by molar-refractivity contribution is -0.118. The molecule has 6 nitrogen and oxygen atoms in total. The molecule has 2 aromatic rings. The number of rotatable bonds is 3. The first kappa shape index (κ1) is 15.5. The fourth-order valence-corrected chi connectivity index (χ4v) is 2.98. The van der Waals surface area contributed by atoms with E-state index in [0.717, 1.165) is 11.3 Å². The summed E-state index contributed by atoms with van der Waals surface area (Å²) in [6.45, 7) is 7.00. The van der Waals surface area contributed by atoms with Crippen molar-refractivity contribution in [1.29, 1.82) is 0 Å². The normalized spacial score (nSPS) is 15.9. The van der Waals surface area contributed by atoms with Crippen LogP contribution in [0.4, 0.5) is 5.69 Å². The zero-order chi connectivity index (χ0) is 16.4. The minimum absolute atomic E-state index is 0.105. The van der Waals surface area contributed by atoms with Crippen molar-refractivity contribution >= 4 is 23.4 Å². The van der Waals surface area contributed by atoms with Crippen LogP contribution in [0.5, 0.6) is 5.88 Å². The van der Waals surface area contributed by atoms with Crippen LogP contribution in [0.1, 0.15) is 13.8 Å². The van der Waals surface area contributed by atoms with Crippen LogP contribution in [-0.2, 0) is 4.79 Å². The molecule has 0 saturated heterocycles. The second-order valence-electron chi connectivity index (χ2n) is 4.97. The third kappa shape index (κ3) is 2.92. The number of anilines is 1. The monoisotopic (exact) mass is 328 g/mol. The highest BCUT2D eigenvalue weighted by Crippen LogP contribution is 2.39. The summed E-state index contributed by atoms with van der Waals surface area (Å²) in [7, 11) is 0. The number of benzene rings is 1. The molecule has 0 saturated carbocycles. The van der Waals surface area contributed by atoms with E-state index in [-0.39, 0.29) is 5.91 Å². The molecular weight excluding hydrogens is 312 g/mol. The maximum Gasteiger partial charge on any atom is 0.247 e. The van der Waals surface area contributed by atoms with Gasteiger partial charge < -0.3 is 4.74 Å². The Morgan fingerprint density at radius 3 is 2.96 bits per heavy atom. The molecule has 1 amide bonds. The molecule has 0 spiro atoms. The lowest BCUT2D eigenvalue weighted by Crippen LogP contribution is -2.40. The topological polar surface area (TPSA) is 68.2 Å². The predicted octanol–water partition coefficient (Wildman–Crippen LogP) is 2.91. The molecule has 0 fully saturated rings. The first-order chi connectivity index (χ1) is 11.1. The number of hydrogen-bond acceptors (Lipinski definition) is 6. The van der Waals surface area contributed by atoms with E-state index in [1.807, 2.05) is 31.2 Å². The summed E-state index contributed by atoms with van der Waals surface area (Å²) in [6.07, 6.45) is 1.29. The third-order valence-corrected chi connectivity index (χ3v) is 4.20. The number of amides is 1. The average Bonchev–Trinajstić information content (AvgIpc) is 2.65. The van der Waals surface area contributed by atoms with Crippen molar-refractivity contribution in [3.05, 3.63) is 36.9 Å². The second-order valence-corrected chi connectivity index (χ2v) is 5.96. The van der Waals surface area contributed by atoms with Crippen molar-refractivity contribution < 1.29 is 9.53 Å². The average molecular weight is 328 g/mol. The summed E-state index contributed by atoms with van der Waals surface area (Å²) < 4.78 is 5.89. The maximum atomic E-state index is 12.1. The standard InChI is InChI=1S/C16H16N4O2S/c1-4-9-23-16-17-15-14(18-19-16)12-7-5-6-8-13(12)20(10(2)21)11(3)22-15/h4-8,11H,1,9H2,2-3H3/t11-/m0/s1. The van der Waals surface area contributed by atoms with E-state index < -0.39 is 6.23 Å². The van der Waals surface area contributed by atoms with Gasteiger partial charge in [0.15, 0.2) is 11.9 Å². The first-order valence-corrected chi connectivity index (χ1v) is 8.14. The molecule has 1 aliphatic rings. The van der Waals surface area contributed by atoms with E-state index in [1.165, 1.54) is 18.7 Å². The van der Waals surface area contributed by atoms with Crippen molar-refractivity contribution in [2.45, 2.75) is 25.2 Å². The number of nitrogens with zero attached hydrogens (tertiary/aromatic N) is 4. The summed E-state index contributed by atoms with van der Waals surface area (Å²) in [5.41, 5.74) is 2.07. The Balaban J connectivity index is 2.13. The van der Waals surface area contributed by atoms with Crippen LogP contribution in [0.25, 0.3) is 11.3 Å². The summed E-state index contributed by atoms with van der Waals surface area (Å²) in [4.78, 5) is 18.1. The van der Waals surface area contributed by atoms with Crippen LogP contribution in [0.2, 0.25) is 0 Å². The maximum absolute atomic E-state index is 12.1. The number of aromatic nitrogens is 3. The van der Waals surface area contributed by atoms with Crippen molar-refractivity contribution in [1.82, 2.24) is 15.2 Å². The van der Waals surface area contributed by atoms with Crippen LogP contribution in [0.15, 0.2) is 42.1 Å². The molecule has 0 bridgehead atoms. The quantitative estimate of drug-likeness (QED) is 0.637. The molecular formula is C16H16N4O2S. The molecule has 1 atom stereocenters. The van der Waals surface area contributed by atoms with Gasteiger partial charge in [0.2, 0.25) is 16.9 Å². The minimum Gasteiger partial charge on any atom is -0.452 e. The molecule has 23 heavy (non-hydrogen) atoms. The highest BCUT2D eigenvalue weighted by molar-refractivity contribution is 7.99. The number of hydrogen-bond donors (Lipinski definition) is 0. The predicted molar refractivity (Wildman–Crippen MR) is 89.4 cm³/mol. The van der Waals surface area contributed by atoms with Crippen molar-refractivity contribution in [3.63, 3.8) is 0 Å². The molecule has 1 aromatic carbocycles. The minimum atomic E-state index is -0.483. The molecule has 3 rings (SSSR count). The Labute approximate surface area is 138 Å². The van der Waals surface area contributed by atoms with Crippen LogP contribution < -0.4 is 9.64 Å². The molecule has 0 unspecified atom stereocenters. The molecule has 0 radical (unpaired) electrons. The molecule has 1 aliphatic heterocycles. The van der Waals surface area contributed by atoms with Gasteiger partial charge in [-0.05, 0) is 13.0 Å². The van der Waals surface area contributed by atoms with Gasteiger partial charge in [-0.3, -0.25) is 9.69 Å². The van der Waals surface area contributed by atoms with Crippen LogP contribution in [0.3, 0.4) is 0 Å². The fourth-order valence-electron chi connectivity index (χ4n) is 2.46. The van der Waals surface area contributed by atoms with Gasteiger partial charge in [-0.15, -0.1) is 16.8 Å². The number of ether oxygens (including phenoxy) is 1. The smallest absolute Gasteiger partial charge is 0.247 e. The molecule has 118 valence electrons. The Hall–Kier alpha value is -2.41. The molecule has 7 heteroatoms. The van der Waals surface area contributed by atoms with Crippen molar-refractivity contribution in [2.75, 3.05) is 10.7 Å². The third-order valence-electron chi connectivity index (χ3n) is 3.37. The lowest BCUT2D eigenvalue weighted by Gasteiger charge is -2.26. The number of carbonyl (C=O) groups is 1. The number of thioether (sulfide) groups is 1. The van der Waals surface area contributed by atoms with Crippen LogP contribution in [-0.4, -0.2) is 33.1 Å². The largest absolute Gasteiger partial charge is 0.452 e. The Bertz CT molecular complexity index is 765. The fraction of sp³-hybridized carbons (Fsp3) is 0.250.